The van der Waals surface area contributed by atoms with Crippen LogP contribution >= 0.6 is 11.6 Å². The first-order valence-electron chi connectivity index (χ1n) is 6.23. The zero-order valence-electron chi connectivity index (χ0n) is 11.0. The fraction of sp³-hybridized carbons (Fsp3) is 0.200. The molecule has 2 rings (SSSR count). The summed E-state index contributed by atoms with van der Waals surface area (Å²) < 4.78 is 40.9. The van der Waals surface area contributed by atoms with Gasteiger partial charge in [-0.15, -0.1) is 13.2 Å². The van der Waals surface area contributed by atoms with Crippen molar-refractivity contribution in [1.29, 1.82) is 0 Å². The van der Waals surface area contributed by atoms with Gasteiger partial charge in [0.15, 0.2) is 0 Å². The predicted molar refractivity (Wildman–Crippen MR) is 75.1 cm³/mol. The van der Waals surface area contributed by atoms with Gasteiger partial charge < -0.3 is 10.1 Å². The minimum absolute atomic E-state index is 0.191. The molecule has 2 aromatic carbocycles. The van der Waals surface area contributed by atoms with Crippen LogP contribution in [0.2, 0.25) is 5.02 Å². The maximum Gasteiger partial charge on any atom is 0.573 e. The Morgan fingerprint density at radius 2 is 1.76 bits per heavy atom. The van der Waals surface area contributed by atoms with Crippen molar-refractivity contribution in [2.24, 2.45) is 0 Å². The van der Waals surface area contributed by atoms with Gasteiger partial charge in [-0.2, -0.15) is 0 Å². The largest absolute Gasteiger partial charge is 0.573 e. The molecule has 0 atom stereocenters. The van der Waals surface area contributed by atoms with E-state index in [1.165, 1.54) is 12.1 Å². The molecule has 2 nitrogen and oxygen atoms in total. The molecule has 0 bridgehead atoms. The summed E-state index contributed by atoms with van der Waals surface area (Å²) in [4.78, 5) is 0. The van der Waals surface area contributed by atoms with Crippen LogP contribution in [0.4, 0.5) is 13.2 Å². The van der Waals surface area contributed by atoms with Crippen LogP contribution in [0.5, 0.6) is 5.75 Å². The first-order chi connectivity index (χ1) is 9.94. The topological polar surface area (TPSA) is 21.3 Å². The van der Waals surface area contributed by atoms with E-state index >= 15 is 0 Å². The Labute approximate surface area is 125 Å². The lowest BCUT2D eigenvalue weighted by Crippen LogP contribution is -2.20. The molecule has 0 aliphatic rings. The quantitative estimate of drug-likeness (QED) is 0.875. The molecular weight excluding hydrogens is 303 g/mol. The Morgan fingerprint density at radius 1 is 1.00 bits per heavy atom. The molecule has 0 radical (unpaired) electrons. The highest BCUT2D eigenvalue weighted by atomic mass is 35.5. The van der Waals surface area contributed by atoms with E-state index in [1.807, 2.05) is 12.1 Å². The van der Waals surface area contributed by atoms with Gasteiger partial charge in [0.2, 0.25) is 0 Å². The van der Waals surface area contributed by atoms with Gasteiger partial charge in [-0.1, -0.05) is 41.9 Å². The Morgan fingerprint density at radius 3 is 2.48 bits per heavy atom. The number of ether oxygens (including phenoxy) is 1. The molecule has 0 saturated heterocycles. The third kappa shape index (κ3) is 5.28. The highest BCUT2D eigenvalue weighted by Crippen LogP contribution is 2.26. The van der Waals surface area contributed by atoms with Crippen LogP contribution in [0.3, 0.4) is 0 Å². The highest BCUT2D eigenvalue weighted by Gasteiger charge is 2.31. The normalized spacial score (nSPS) is 11.4. The van der Waals surface area contributed by atoms with Crippen molar-refractivity contribution >= 4 is 11.6 Å². The summed E-state index contributed by atoms with van der Waals surface area (Å²) in [5, 5.41) is 3.69. The summed E-state index contributed by atoms with van der Waals surface area (Å²) in [6, 6.07) is 13.3. The number of para-hydroxylation sites is 1. The number of halogens is 4. The van der Waals surface area contributed by atoms with E-state index in [1.54, 1.807) is 24.3 Å². The van der Waals surface area contributed by atoms with Crippen LogP contribution in [0, 0.1) is 0 Å². The van der Waals surface area contributed by atoms with E-state index in [4.69, 9.17) is 11.6 Å². The molecule has 6 heteroatoms. The molecule has 0 aliphatic carbocycles. The summed E-state index contributed by atoms with van der Waals surface area (Å²) in [6.07, 6.45) is -4.69. The molecule has 0 unspecified atom stereocenters. The smallest absolute Gasteiger partial charge is 0.405 e. The average molecular weight is 316 g/mol. The second kappa shape index (κ2) is 6.83. The Hall–Kier alpha value is -1.72. The van der Waals surface area contributed by atoms with Gasteiger partial charge >= 0.3 is 6.36 Å². The van der Waals surface area contributed by atoms with Crippen molar-refractivity contribution in [2.75, 3.05) is 0 Å². The number of benzene rings is 2. The zero-order valence-corrected chi connectivity index (χ0v) is 11.7. The SMILES string of the molecule is FC(F)(F)Oc1ccccc1CNCc1cccc(Cl)c1. The first-order valence-corrected chi connectivity index (χ1v) is 6.61. The lowest BCUT2D eigenvalue weighted by molar-refractivity contribution is -0.274. The van der Waals surface area contributed by atoms with Crippen LogP contribution in [0.15, 0.2) is 48.5 Å². The number of nitrogens with one attached hydrogen (secondary N) is 1. The van der Waals surface area contributed by atoms with Gasteiger partial charge in [0.25, 0.3) is 0 Å². The van der Waals surface area contributed by atoms with E-state index in [9.17, 15) is 13.2 Å². The predicted octanol–water partition coefficient (Wildman–Crippen LogP) is 4.53. The summed E-state index contributed by atoms with van der Waals surface area (Å²) in [5.41, 5.74) is 1.40. The van der Waals surface area contributed by atoms with Gasteiger partial charge in [0.1, 0.15) is 5.75 Å². The van der Waals surface area contributed by atoms with Crippen molar-refractivity contribution in [3.8, 4) is 5.75 Å². The number of alkyl halides is 3. The van der Waals surface area contributed by atoms with Crippen molar-refractivity contribution < 1.29 is 17.9 Å². The Balaban J connectivity index is 1.97. The lowest BCUT2D eigenvalue weighted by Gasteiger charge is -2.13. The van der Waals surface area contributed by atoms with Crippen molar-refractivity contribution in [3.05, 3.63) is 64.7 Å². The molecule has 0 fully saturated rings. The van der Waals surface area contributed by atoms with E-state index in [0.29, 0.717) is 17.1 Å². The second-order valence-electron chi connectivity index (χ2n) is 4.39. The fourth-order valence-corrected chi connectivity index (χ4v) is 2.08. The van der Waals surface area contributed by atoms with E-state index in [0.717, 1.165) is 5.56 Å². The molecule has 0 aromatic heterocycles. The van der Waals surface area contributed by atoms with Crippen LogP contribution in [0.1, 0.15) is 11.1 Å². The lowest BCUT2D eigenvalue weighted by atomic mass is 10.2. The van der Waals surface area contributed by atoms with Gasteiger partial charge in [0, 0.05) is 23.7 Å². The molecular formula is C15H13ClF3NO. The number of rotatable bonds is 5. The average Bonchev–Trinajstić information content (AvgIpc) is 2.39. The van der Waals surface area contributed by atoms with Crippen molar-refractivity contribution in [2.45, 2.75) is 19.5 Å². The van der Waals surface area contributed by atoms with Gasteiger partial charge in [-0.05, 0) is 23.8 Å². The molecule has 0 amide bonds. The number of hydrogen-bond acceptors (Lipinski definition) is 2. The molecule has 1 N–H and O–H groups in total. The monoisotopic (exact) mass is 315 g/mol. The molecule has 0 spiro atoms. The van der Waals surface area contributed by atoms with E-state index in [2.05, 4.69) is 10.1 Å². The molecule has 2 aromatic rings. The zero-order chi connectivity index (χ0) is 15.3. The van der Waals surface area contributed by atoms with Gasteiger partial charge in [0.05, 0.1) is 0 Å². The maximum absolute atomic E-state index is 12.3. The van der Waals surface area contributed by atoms with Crippen LogP contribution in [-0.4, -0.2) is 6.36 Å². The third-order valence-corrected chi connectivity index (χ3v) is 2.97. The Kier molecular flexibility index (Phi) is 5.09. The molecule has 0 heterocycles. The van der Waals surface area contributed by atoms with Crippen LogP contribution in [-0.2, 0) is 13.1 Å². The minimum atomic E-state index is -4.69. The second-order valence-corrected chi connectivity index (χ2v) is 4.83. The summed E-state index contributed by atoms with van der Waals surface area (Å²) in [5.74, 6) is -0.191. The summed E-state index contributed by atoms with van der Waals surface area (Å²) >= 11 is 5.87. The molecule has 112 valence electrons. The minimum Gasteiger partial charge on any atom is -0.405 e. The fourth-order valence-electron chi connectivity index (χ4n) is 1.86. The van der Waals surface area contributed by atoms with E-state index in [-0.39, 0.29) is 12.3 Å². The standard InChI is InChI=1S/C15H13ClF3NO/c16-13-6-3-4-11(8-13)9-20-10-12-5-1-2-7-14(12)21-15(17,18)19/h1-8,20H,9-10H2. The molecule has 21 heavy (non-hydrogen) atoms. The van der Waals surface area contributed by atoms with Crippen LogP contribution < -0.4 is 10.1 Å². The number of hydrogen-bond donors (Lipinski definition) is 1. The van der Waals surface area contributed by atoms with Crippen molar-refractivity contribution in [3.63, 3.8) is 0 Å². The molecule has 0 saturated carbocycles. The highest BCUT2D eigenvalue weighted by molar-refractivity contribution is 6.30. The Bertz CT molecular complexity index is 601. The third-order valence-electron chi connectivity index (χ3n) is 2.73. The van der Waals surface area contributed by atoms with Crippen LogP contribution in [0.25, 0.3) is 0 Å². The summed E-state index contributed by atoms with van der Waals surface area (Å²) in [7, 11) is 0. The van der Waals surface area contributed by atoms with Crippen molar-refractivity contribution in [1.82, 2.24) is 5.32 Å². The summed E-state index contributed by atoms with van der Waals surface area (Å²) in [6.45, 7) is 0.764. The maximum atomic E-state index is 12.3. The van der Waals surface area contributed by atoms with Gasteiger partial charge in [-0.25, -0.2) is 0 Å². The van der Waals surface area contributed by atoms with E-state index < -0.39 is 6.36 Å². The first kappa shape index (κ1) is 15.7. The van der Waals surface area contributed by atoms with Gasteiger partial charge in [-0.3, -0.25) is 0 Å². The molecule has 0 aliphatic heterocycles.